The molecule has 1 saturated carbocycles. The molecule has 3 unspecified atom stereocenters. The minimum atomic E-state index is -3.01. The SMILES string of the molecule is CS(=O)(=O)C1CCCC(N2CCCCC2C(=O)O)C1. The van der Waals surface area contributed by atoms with Crippen molar-refractivity contribution >= 4 is 15.8 Å². The highest BCUT2D eigenvalue weighted by molar-refractivity contribution is 7.91. The van der Waals surface area contributed by atoms with Gasteiger partial charge in [-0.05, 0) is 38.6 Å². The van der Waals surface area contributed by atoms with Gasteiger partial charge in [0, 0.05) is 12.3 Å². The average Bonchev–Trinajstić information content (AvgIpc) is 2.38. The predicted molar refractivity (Wildman–Crippen MR) is 72.9 cm³/mol. The maximum atomic E-state index is 11.7. The minimum Gasteiger partial charge on any atom is -0.480 e. The lowest BCUT2D eigenvalue weighted by Crippen LogP contribution is -2.52. The van der Waals surface area contributed by atoms with E-state index in [1.54, 1.807) is 0 Å². The fourth-order valence-corrected chi connectivity index (χ4v) is 4.63. The third-order valence-corrected chi connectivity index (χ3v) is 6.14. The normalized spacial score (nSPS) is 34.1. The van der Waals surface area contributed by atoms with Crippen LogP contribution in [0.3, 0.4) is 0 Å². The summed E-state index contributed by atoms with van der Waals surface area (Å²) in [6.45, 7) is 0.790. The zero-order valence-electron chi connectivity index (χ0n) is 11.4. The van der Waals surface area contributed by atoms with Crippen molar-refractivity contribution in [3.63, 3.8) is 0 Å². The van der Waals surface area contributed by atoms with Crippen molar-refractivity contribution in [1.82, 2.24) is 4.90 Å². The first kappa shape index (κ1) is 14.8. The highest BCUT2D eigenvalue weighted by Gasteiger charge is 2.37. The molecule has 19 heavy (non-hydrogen) atoms. The number of rotatable bonds is 3. The number of carbonyl (C=O) groups is 1. The lowest BCUT2D eigenvalue weighted by molar-refractivity contribution is -0.146. The molecule has 6 heteroatoms. The molecule has 0 bridgehead atoms. The van der Waals surface area contributed by atoms with E-state index < -0.39 is 21.8 Å². The number of carboxylic acid groups (broad SMARTS) is 1. The van der Waals surface area contributed by atoms with Gasteiger partial charge in [0.2, 0.25) is 0 Å². The van der Waals surface area contributed by atoms with E-state index in [4.69, 9.17) is 0 Å². The number of aliphatic carboxylic acids is 1. The van der Waals surface area contributed by atoms with Gasteiger partial charge in [0.05, 0.1) is 5.25 Å². The molecule has 0 aromatic carbocycles. The molecule has 5 nitrogen and oxygen atoms in total. The summed E-state index contributed by atoms with van der Waals surface area (Å²) in [5.41, 5.74) is 0. The summed E-state index contributed by atoms with van der Waals surface area (Å²) in [7, 11) is -3.01. The summed E-state index contributed by atoms with van der Waals surface area (Å²) in [4.78, 5) is 13.4. The highest BCUT2D eigenvalue weighted by atomic mass is 32.2. The number of piperidine rings is 1. The van der Waals surface area contributed by atoms with Crippen LogP contribution in [0.25, 0.3) is 0 Å². The van der Waals surface area contributed by atoms with Gasteiger partial charge in [-0.15, -0.1) is 0 Å². The lowest BCUT2D eigenvalue weighted by Gasteiger charge is -2.42. The standard InChI is InChI=1S/C13H23NO4S/c1-19(17,18)11-6-4-5-10(9-11)14-8-3-2-7-12(14)13(15)16/h10-12H,2-9H2,1H3,(H,15,16). The van der Waals surface area contributed by atoms with Crippen LogP contribution in [-0.4, -0.2) is 54.5 Å². The third kappa shape index (κ3) is 3.48. The molecule has 1 saturated heterocycles. The van der Waals surface area contributed by atoms with Crippen LogP contribution in [0.2, 0.25) is 0 Å². The van der Waals surface area contributed by atoms with Gasteiger partial charge < -0.3 is 5.11 Å². The maximum Gasteiger partial charge on any atom is 0.320 e. The van der Waals surface area contributed by atoms with Gasteiger partial charge in [-0.25, -0.2) is 8.42 Å². The van der Waals surface area contributed by atoms with Gasteiger partial charge in [0.1, 0.15) is 15.9 Å². The number of nitrogens with zero attached hydrogens (tertiary/aromatic N) is 1. The van der Waals surface area contributed by atoms with Crippen LogP contribution in [0.5, 0.6) is 0 Å². The Morgan fingerprint density at radius 1 is 1.16 bits per heavy atom. The molecule has 110 valence electrons. The fourth-order valence-electron chi connectivity index (χ4n) is 3.47. The quantitative estimate of drug-likeness (QED) is 0.847. The third-order valence-electron chi connectivity index (χ3n) is 4.50. The van der Waals surface area contributed by atoms with Gasteiger partial charge in [0.25, 0.3) is 0 Å². The van der Waals surface area contributed by atoms with Gasteiger partial charge in [0.15, 0.2) is 0 Å². The summed E-state index contributed by atoms with van der Waals surface area (Å²) < 4.78 is 23.4. The van der Waals surface area contributed by atoms with Crippen LogP contribution in [0.4, 0.5) is 0 Å². The van der Waals surface area contributed by atoms with E-state index >= 15 is 0 Å². The second kappa shape index (κ2) is 5.79. The molecule has 0 aromatic heterocycles. The number of carboxylic acids is 1. The summed E-state index contributed by atoms with van der Waals surface area (Å²) >= 11 is 0. The van der Waals surface area contributed by atoms with E-state index in [2.05, 4.69) is 0 Å². The van der Waals surface area contributed by atoms with Crippen molar-refractivity contribution in [1.29, 1.82) is 0 Å². The average molecular weight is 289 g/mol. The lowest BCUT2D eigenvalue weighted by atomic mass is 9.90. The zero-order valence-corrected chi connectivity index (χ0v) is 12.2. The molecule has 0 amide bonds. The van der Waals surface area contributed by atoms with E-state index in [0.717, 1.165) is 38.6 Å². The molecule has 1 aliphatic carbocycles. The van der Waals surface area contributed by atoms with Crippen LogP contribution in [0.15, 0.2) is 0 Å². The molecule has 2 rings (SSSR count). The number of hydrogen-bond donors (Lipinski definition) is 1. The zero-order chi connectivity index (χ0) is 14.0. The predicted octanol–water partition coefficient (Wildman–Crippen LogP) is 1.28. The summed E-state index contributed by atoms with van der Waals surface area (Å²) in [5.74, 6) is -0.763. The first-order valence-electron chi connectivity index (χ1n) is 7.07. The molecule has 2 aliphatic rings. The van der Waals surface area contributed by atoms with Gasteiger partial charge in [-0.1, -0.05) is 12.8 Å². The molecule has 2 fully saturated rings. The minimum absolute atomic E-state index is 0.120. The molecule has 3 atom stereocenters. The fraction of sp³-hybridized carbons (Fsp3) is 0.923. The van der Waals surface area contributed by atoms with Gasteiger partial charge in [-0.2, -0.15) is 0 Å². The van der Waals surface area contributed by atoms with E-state index in [-0.39, 0.29) is 11.3 Å². The Labute approximate surface area is 114 Å². The van der Waals surface area contributed by atoms with Crippen LogP contribution in [0.1, 0.15) is 44.9 Å². The van der Waals surface area contributed by atoms with E-state index in [9.17, 15) is 18.3 Å². The molecule has 0 aromatic rings. The van der Waals surface area contributed by atoms with Crippen molar-refractivity contribution < 1.29 is 18.3 Å². The van der Waals surface area contributed by atoms with Crippen LogP contribution < -0.4 is 0 Å². The van der Waals surface area contributed by atoms with Crippen LogP contribution >= 0.6 is 0 Å². The summed E-state index contributed by atoms with van der Waals surface area (Å²) in [6, 6.07) is -0.299. The maximum absolute atomic E-state index is 11.7. The molecule has 0 spiro atoms. The molecular formula is C13H23NO4S. The Kier molecular flexibility index (Phi) is 4.50. The van der Waals surface area contributed by atoms with Crippen molar-refractivity contribution in [2.24, 2.45) is 0 Å². The first-order chi connectivity index (χ1) is 8.89. The second-order valence-electron chi connectivity index (χ2n) is 5.86. The Bertz CT molecular complexity index is 434. The topological polar surface area (TPSA) is 74.7 Å². The molecule has 1 heterocycles. The van der Waals surface area contributed by atoms with Crippen LogP contribution in [-0.2, 0) is 14.6 Å². The van der Waals surface area contributed by atoms with Crippen molar-refractivity contribution in [2.75, 3.05) is 12.8 Å². The van der Waals surface area contributed by atoms with E-state index in [0.29, 0.717) is 12.8 Å². The van der Waals surface area contributed by atoms with Gasteiger partial charge >= 0.3 is 5.97 Å². The smallest absolute Gasteiger partial charge is 0.320 e. The second-order valence-corrected chi connectivity index (χ2v) is 8.19. The van der Waals surface area contributed by atoms with E-state index in [1.807, 2.05) is 4.90 Å². The monoisotopic (exact) mass is 289 g/mol. The summed E-state index contributed by atoms with van der Waals surface area (Å²) in [5, 5.41) is 9.02. The Morgan fingerprint density at radius 2 is 1.89 bits per heavy atom. The Hall–Kier alpha value is -0.620. The Morgan fingerprint density at radius 3 is 2.53 bits per heavy atom. The van der Waals surface area contributed by atoms with E-state index in [1.165, 1.54) is 6.26 Å². The molecule has 1 aliphatic heterocycles. The largest absolute Gasteiger partial charge is 0.480 e. The highest BCUT2D eigenvalue weighted by Crippen LogP contribution is 2.31. The van der Waals surface area contributed by atoms with Crippen molar-refractivity contribution in [3.05, 3.63) is 0 Å². The van der Waals surface area contributed by atoms with Crippen LogP contribution in [0, 0.1) is 0 Å². The van der Waals surface area contributed by atoms with Crippen molar-refractivity contribution in [2.45, 2.75) is 62.3 Å². The van der Waals surface area contributed by atoms with Crippen molar-refractivity contribution in [3.8, 4) is 0 Å². The molecule has 1 N–H and O–H groups in total. The molecule has 0 radical (unpaired) electrons. The summed E-state index contributed by atoms with van der Waals surface area (Å²) in [6.07, 6.45) is 7.09. The number of likely N-dealkylation sites (tertiary alicyclic amines) is 1. The number of hydrogen-bond acceptors (Lipinski definition) is 4. The number of sulfone groups is 1. The Balaban J connectivity index is 2.09. The first-order valence-corrected chi connectivity index (χ1v) is 9.02. The molecular weight excluding hydrogens is 266 g/mol. The van der Waals surface area contributed by atoms with Gasteiger partial charge in [-0.3, -0.25) is 9.69 Å².